The molecule has 2 saturated carbocycles. The number of hydrogen-bond donors (Lipinski definition) is 4. The zero-order chi connectivity index (χ0) is 33.3. The first-order chi connectivity index (χ1) is 22.6. The van der Waals surface area contributed by atoms with Gasteiger partial charge in [0.25, 0.3) is 0 Å². The lowest BCUT2D eigenvalue weighted by Crippen LogP contribution is -2.14. The fraction of sp³-hybridized carbons (Fsp3) is 0.333. The van der Waals surface area contributed by atoms with Gasteiger partial charge in [-0.1, -0.05) is 31.7 Å². The molecule has 4 aromatic rings. The SMILES string of the molecule is Cc1cc(NC2CCCC2)ccc1Oc1ccc(C)c(C(N)=O)c1.Cc1cc(Oc2ccc(NC3CCCC3)cc2)ccc1C(N)=O. The third-order valence-corrected chi connectivity index (χ3v) is 8.88. The van der Waals surface area contributed by atoms with Crippen LogP contribution in [0.5, 0.6) is 23.0 Å². The summed E-state index contributed by atoms with van der Waals surface area (Å²) < 4.78 is 11.8. The average molecular weight is 635 g/mol. The van der Waals surface area contributed by atoms with Gasteiger partial charge in [0.15, 0.2) is 0 Å². The molecule has 0 unspecified atom stereocenters. The molecule has 0 aromatic heterocycles. The second-order valence-corrected chi connectivity index (χ2v) is 12.6. The summed E-state index contributed by atoms with van der Waals surface area (Å²) in [6.07, 6.45) is 10.3. The molecule has 8 nitrogen and oxygen atoms in total. The number of anilines is 2. The Labute approximate surface area is 277 Å². The first-order valence-electron chi connectivity index (χ1n) is 16.5. The molecule has 47 heavy (non-hydrogen) atoms. The van der Waals surface area contributed by atoms with Crippen LogP contribution in [0.1, 0.15) is 88.8 Å². The summed E-state index contributed by atoms with van der Waals surface area (Å²) in [5, 5.41) is 7.14. The van der Waals surface area contributed by atoms with E-state index in [0.717, 1.165) is 39.6 Å². The Morgan fingerprint density at radius 3 is 1.66 bits per heavy atom. The van der Waals surface area contributed by atoms with Crippen molar-refractivity contribution in [1.82, 2.24) is 0 Å². The summed E-state index contributed by atoms with van der Waals surface area (Å²) in [4.78, 5) is 22.7. The molecule has 0 saturated heterocycles. The third-order valence-electron chi connectivity index (χ3n) is 8.88. The quantitative estimate of drug-likeness (QED) is 0.138. The van der Waals surface area contributed by atoms with Crippen LogP contribution < -0.4 is 31.6 Å². The van der Waals surface area contributed by atoms with Gasteiger partial charge in [-0.25, -0.2) is 0 Å². The van der Waals surface area contributed by atoms with Gasteiger partial charge >= 0.3 is 0 Å². The maximum atomic E-state index is 11.5. The topological polar surface area (TPSA) is 129 Å². The van der Waals surface area contributed by atoms with E-state index in [2.05, 4.69) is 16.7 Å². The predicted molar refractivity (Wildman–Crippen MR) is 189 cm³/mol. The summed E-state index contributed by atoms with van der Waals surface area (Å²) in [5.41, 5.74) is 16.7. The highest BCUT2D eigenvalue weighted by atomic mass is 16.5. The first kappa shape index (κ1) is 33.4. The highest BCUT2D eigenvalue weighted by molar-refractivity contribution is 5.95. The zero-order valence-electron chi connectivity index (χ0n) is 27.6. The van der Waals surface area contributed by atoms with E-state index < -0.39 is 11.8 Å². The molecule has 2 aliphatic carbocycles. The third kappa shape index (κ3) is 9.28. The number of amides is 2. The fourth-order valence-electron chi connectivity index (χ4n) is 6.25. The minimum Gasteiger partial charge on any atom is -0.457 e. The number of carbonyl (C=O) groups is 2. The van der Waals surface area contributed by atoms with Crippen LogP contribution in [-0.4, -0.2) is 23.9 Å². The van der Waals surface area contributed by atoms with Crippen LogP contribution in [0, 0.1) is 20.8 Å². The van der Waals surface area contributed by atoms with E-state index in [-0.39, 0.29) is 0 Å². The van der Waals surface area contributed by atoms with Crippen molar-refractivity contribution in [3.63, 3.8) is 0 Å². The smallest absolute Gasteiger partial charge is 0.249 e. The van der Waals surface area contributed by atoms with Crippen molar-refractivity contribution in [2.45, 2.75) is 84.2 Å². The number of benzene rings is 4. The minimum absolute atomic E-state index is 0.420. The van der Waals surface area contributed by atoms with Crippen molar-refractivity contribution < 1.29 is 19.1 Å². The summed E-state index contributed by atoms with van der Waals surface area (Å²) >= 11 is 0. The summed E-state index contributed by atoms with van der Waals surface area (Å²) in [5.74, 6) is 2.01. The van der Waals surface area contributed by atoms with E-state index in [9.17, 15) is 9.59 Å². The highest BCUT2D eigenvalue weighted by Crippen LogP contribution is 2.31. The lowest BCUT2D eigenvalue weighted by atomic mass is 10.1. The van der Waals surface area contributed by atoms with E-state index >= 15 is 0 Å². The highest BCUT2D eigenvalue weighted by Gasteiger charge is 2.16. The molecule has 0 spiro atoms. The molecule has 0 aliphatic heterocycles. The van der Waals surface area contributed by atoms with E-state index in [0.29, 0.717) is 34.7 Å². The normalized spacial score (nSPS) is 14.6. The Hall–Kier alpha value is -4.98. The summed E-state index contributed by atoms with van der Waals surface area (Å²) in [6, 6.07) is 26.0. The van der Waals surface area contributed by atoms with Crippen LogP contribution in [-0.2, 0) is 0 Å². The Morgan fingerprint density at radius 2 is 1.09 bits per heavy atom. The van der Waals surface area contributed by atoms with Gasteiger partial charge in [-0.05, 0) is 136 Å². The molecule has 2 aliphatic rings. The van der Waals surface area contributed by atoms with Gasteiger partial charge in [0.2, 0.25) is 11.8 Å². The molecule has 0 atom stereocenters. The molecule has 4 aromatic carbocycles. The fourth-order valence-corrected chi connectivity index (χ4v) is 6.25. The first-order valence-corrected chi connectivity index (χ1v) is 16.5. The number of ether oxygens (including phenoxy) is 2. The monoisotopic (exact) mass is 634 g/mol. The van der Waals surface area contributed by atoms with Crippen LogP contribution in [0.2, 0.25) is 0 Å². The van der Waals surface area contributed by atoms with E-state index in [1.54, 1.807) is 18.2 Å². The number of nitrogens with two attached hydrogens (primary N) is 2. The molecule has 2 fully saturated rings. The van der Waals surface area contributed by atoms with Gasteiger partial charge in [0.05, 0.1) is 0 Å². The van der Waals surface area contributed by atoms with Gasteiger partial charge in [0.1, 0.15) is 23.0 Å². The van der Waals surface area contributed by atoms with Crippen LogP contribution in [0.4, 0.5) is 11.4 Å². The molecule has 8 heteroatoms. The predicted octanol–water partition coefficient (Wildman–Crippen LogP) is 8.79. The van der Waals surface area contributed by atoms with Crippen LogP contribution in [0.15, 0.2) is 78.9 Å². The Balaban J connectivity index is 0.000000185. The van der Waals surface area contributed by atoms with Gasteiger partial charge < -0.3 is 31.6 Å². The number of carbonyl (C=O) groups excluding carboxylic acids is 2. The molecule has 0 heterocycles. The van der Waals surface area contributed by atoms with Gasteiger partial charge in [-0.3, -0.25) is 9.59 Å². The van der Waals surface area contributed by atoms with Gasteiger partial charge in [0, 0.05) is 34.6 Å². The molecule has 0 radical (unpaired) electrons. The maximum Gasteiger partial charge on any atom is 0.249 e. The lowest BCUT2D eigenvalue weighted by Gasteiger charge is -2.16. The lowest BCUT2D eigenvalue weighted by molar-refractivity contribution is 0.0991. The van der Waals surface area contributed by atoms with Gasteiger partial charge in [-0.2, -0.15) is 0 Å². The average Bonchev–Trinajstić information content (AvgIpc) is 3.75. The molecular formula is C39H46N4O4. The van der Waals surface area contributed by atoms with Crippen LogP contribution in [0.3, 0.4) is 0 Å². The summed E-state index contributed by atoms with van der Waals surface area (Å²) in [7, 11) is 0. The number of rotatable bonds is 10. The molecule has 6 N–H and O–H groups in total. The summed E-state index contributed by atoms with van der Waals surface area (Å²) in [6.45, 7) is 5.73. The molecule has 246 valence electrons. The second kappa shape index (κ2) is 15.5. The van der Waals surface area contributed by atoms with Crippen LogP contribution in [0.25, 0.3) is 0 Å². The molecular weight excluding hydrogens is 588 g/mol. The maximum absolute atomic E-state index is 11.5. The van der Waals surface area contributed by atoms with Crippen molar-refractivity contribution in [1.29, 1.82) is 0 Å². The minimum atomic E-state index is -0.439. The van der Waals surface area contributed by atoms with Crippen molar-refractivity contribution in [3.8, 4) is 23.0 Å². The number of aryl methyl sites for hydroxylation is 3. The Bertz CT molecular complexity index is 1690. The Morgan fingerprint density at radius 1 is 0.553 bits per heavy atom. The molecule has 6 rings (SSSR count). The van der Waals surface area contributed by atoms with Crippen molar-refractivity contribution in [3.05, 3.63) is 107 Å². The van der Waals surface area contributed by atoms with Gasteiger partial charge in [-0.15, -0.1) is 0 Å². The standard InChI is InChI=1S/C20H24N2O2.C19H22N2O2/c1-13-7-9-17(12-18(13)20(21)23)24-19-10-8-16(11-14(19)2)22-15-5-3-4-6-15;1-13-12-17(10-11-18(13)19(20)22)23-16-8-6-15(7-9-16)21-14-4-2-3-5-14/h7-12,15,22H,3-6H2,1-2H3,(H2,21,23);6-12,14,21H,2-5H2,1H3,(H2,20,22). The van der Waals surface area contributed by atoms with Crippen molar-refractivity contribution in [2.24, 2.45) is 11.5 Å². The van der Waals surface area contributed by atoms with E-state index in [1.165, 1.54) is 51.4 Å². The Kier molecular flexibility index (Phi) is 11.0. The van der Waals surface area contributed by atoms with Crippen LogP contribution >= 0.6 is 0 Å². The number of nitrogens with one attached hydrogen (secondary N) is 2. The van der Waals surface area contributed by atoms with Crippen molar-refractivity contribution in [2.75, 3.05) is 10.6 Å². The largest absolute Gasteiger partial charge is 0.457 e. The van der Waals surface area contributed by atoms with E-state index in [4.69, 9.17) is 20.9 Å². The van der Waals surface area contributed by atoms with E-state index in [1.807, 2.05) is 75.4 Å². The molecule has 2 amide bonds. The number of primary amides is 2. The molecule has 0 bridgehead atoms. The zero-order valence-corrected chi connectivity index (χ0v) is 27.6. The second-order valence-electron chi connectivity index (χ2n) is 12.6. The number of hydrogen-bond acceptors (Lipinski definition) is 6. The van der Waals surface area contributed by atoms with Crippen molar-refractivity contribution >= 4 is 23.2 Å².